The second-order valence-corrected chi connectivity index (χ2v) is 7.17. The molecule has 0 fully saturated rings. The maximum atomic E-state index is 2.33. The second-order valence-electron chi connectivity index (χ2n) is 7.17. The van der Waals surface area contributed by atoms with Crippen molar-refractivity contribution in [3.05, 3.63) is 65.7 Å². The third-order valence-corrected chi connectivity index (χ3v) is 4.32. The molecule has 0 unspecified atom stereocenters. The van der Waals surface area contributed by atoms with Crippen LogP contribution < -0.4 is 4.57 Å². The van der Waals surface area contributed by atoms with Gasteiger partial charge in [-0.25, -0.2) is 0 Å². The average Bonchev–Trinajstić information content (AvgIpc) is 2.46. The number of rotatable bonds is 1. The number of hydrogen-bond donors (Lipinski definition) is 0. The molecule has 3 aromatic rings. The van der Waals surface area contributed by atoms with Gasteiger partial charge in [0.15, 0.2) is 0 Å². The van der Waals surface area contributed by atoms with E-state index in [1.54, 1.807) is 0 Å². The number of benzene rings is 2. The lowest BCUT2D eigenvalue weighted by atomic mass is 9.84. The van der Waals surface area contributed by atoms with Crippen LogP contribution in [0.3, 0.4) is 0 Å². The van der Waals surface area contributed by atoms with Gasteiger partial charge in [-0.15, -0.1) is 0 Å². The summed E-state index contributed by atoms with van der Waals surface area (Å²) >= 11 is 0. The monoisotopic (exact) mass is 290 g/mol. The largest absolute Gasteiger partial charge is 0.212 e. The first-order chi connectivity index (χ1) is 10.4. The van der Waals surface area contributed by atoms with E-state index in [1.807, 2.05) is 0 Å². The van der Waals surface area contributed by atoms with Crippen molar-refractivity contribution in [2.24, 2.45) is 7.05 Å². The van der Waals surface area contributed by atoms with E-state index in [-0.39, 0.29) is 5.41 Å². The van der Waals surface area contributed by atoms with Gasteiger partial charge >= 0.3 is 0 Å². The molecule has 1 heterocycles. The van der Waals surface area contributed by atoms with Gasteiger partial charge in [-0.3, -0.25) is 0 Å². The van der Waals surface area contributed by atoms with Gasteiger partial charge in [0.05, 0.1) is 0 Å². The molecule has 0 aliphatic rings. The van der Waals surface area contributed by atoms with Crippen molar-refractivity contribution in [1.82, 2.24) is 0 Å². The fraction of sp³-hybridized carbons (Fsp3) is 0.286. The normalized spacial score (nSPS) is 11.9. The summed E-state index contributed by atoms with van der Waals surface area (Å²) in [4.78, 5) is 0. The van der Waals surface area contributed by atoms with E-state index >= 15 is 0 Å². The molecule has 0 radical (unpaired) electrons. The highest BCUT2D eigenvalue weighted by Crippen LogP contribution is 2.28. The first-order valence-corrected chi connectivity index (χ1v) is 7.86. The van der Waals surface area contributed by atoms with Gasteiger partial charge in [-0.2, -0.15) is 4.57 Å². The van der Waals surface area contributed by atoms with Crippen LogP contribution in [0, 0.1) is 6.92 Å². The Balaban J connectivity index is 2.24. The fourth-order valence-corrected chi connectivity index (χ4v) is 3.00. The van der Waals surface area contributed by atoms with E-state index in [9.17, 15) is 0 Å². The Hall–Kier alpha value is -2.15. The summed E-state index contributed by atoms with van der Waals surface area (Å²) in [6, 6.07) is 19.9. The van der Waals surface area contributed by atoms with Crippen molar-refractivity contribution in [3.8, 4) is 11.3 Å². The molecule has 0 aliphatic heterocycles. The Bertz CT molecular complexity index is 838. The minimum atomic E-state index is 0.163. The van der Waals surface area contributed by atoms with Gasteiger partial charge in [-0.1, -0.05) is 39.0 Å². The van der Waals surface area contributed by atoms with Gasteiger partial charge < -0.3 is 0 Å². The van der Waals surface area contributed by atoms with Crippen LogP contribution in [0.4, 0.5) is 0 Å². The summed E-state index contributed by atoms with van der Waals surface area (Å²) in [5.41, 5.74) is 6.67. The number of nitrogens with zero attached hydrogens (tertiary/aromatic N) is 1. The van der Waals surface area contributed by atoms with Crippen LogP contribution in [-0.2, 0) is 12.5 Å². The second kappa shape index (κ2) is 5.24. The molecule has 2 aromatic carbocycles. The highest BCUT2D eigenvalue weighted by molar-refractivity contribution is 5.77. The molecule has 1 heteroatoms. The molecular weight excluding hydrogens is 266 g/mol. The van der Waals surface area contributed by atoms with E-state index in [1.165, 1.54) is 33.3 Å². The average molecular weight is 290 g/mol. The van der Waals surface area contributed by atoms with Crippen LogP contribution >= 0.6 is 0 Å². The van der Waals surface area contributed by atoms with Crippen LogP contribution in [0.25, 0.3) is 22.2 Å². The van der Waals surface area contributed by atoms with E-state index in [0.717, 1.165) is 0 Å². The van der Waals surface area contributed by atoms with E-state index < -0.39 is 0 Å². The zero-order valence-electron chi connectivity index (χ0n) is 14.1. The Morgan fingerprint density at radius 1 is 0.864 bits per heavy atom. The Kier molecular flexibility index (Phi) is 3.52. The minimum Gasteiger partial charge on any atom is -0.194 e. The molecule has 22 heavy (non-hydrogen) atoms. The molecule has 0 atom stereocenters. The van der Waals surface area contributed by atoms with Crippen LogP contribution in [0.5, 0.6) is 0 Å². The number of fused-ring (bicyclic) bond motifs is 1. The SMILES string of the molecule is Cc1cc(-c2ccc3ccccc3[n+]2C)cc(C(C)(C)C)c1. The predicted molar refractivity (Wildman–Crippen MR) is 94.0 cm³/mol. The molecule has 0 saturated heterocycles. The smallest absolute Gasteiger partial charge is 0.194 e. The molecule has 0 bridgehead atoms. The van der Waals surface area contributed by atoms with Crippen molar-refractivity contribution < 1.29 is 4.57 Å². The molecule has 0 aliphatic carbocycles. The standard InChI is InChI=1S/C21H24N/c1-15-12-17(14-18(13-15)21(2,3)4)20-11-10-16-8-6-7-9-19(16)22(20)5/h6-14H,1-5H3/q+1. The Morgan fingerprint density at radius 3 is 2.32 bits per heavy atom. The molecule has 1 nitrogen and oxygen atoms in total. The summed E-state index contributed by atoms with van der Waals surface area (Å²) in [6.45, 7) is 8.99. The van der Waals surface area contributed by atoms with Crippen molar-refractivity contribution in [2.45, 2.75) is 33.1 Å². The van der Waals surface area contributed by atoms with Gasteiger partial charge in [0.2, 0.25) is 11.2 Å². The molecule has 0 N–H and O–H groups in total. The van der Waals surface area contributed by atoms with E-state index in [2.05, 4.69) is 93.9 Å². The zero-order valence-corrected chi connectivity index (χ0v) is 14.1. The number of para-hydroxylation sites is 1. The molecule has 3 rings (SSSR count). The summed E-state index contributed by atoms with van der Waals surface area (Å²) in [5, 5.41) is 1.28. The summed E-state index contributed by atoms with van der Waals surface area (Å²) < 4.78 is 2.29. The molecule has 0 amide bonds. The van der Waals surface area contributed by atoms with Crippen molar-refractivity contribution >= 4 is 10.9 Å². The van der Waals surface area contributed by atoms with Crippen LogP contribution in [0.15, 0.2) is 54.6 Å². The first-order valence-electron chi connectivity index (χ1n) is 7.86. The van der Waals surface area contributed by atoms with Crippen molar-refractivity contribution in [2.75, 3.05) is 0 Å². The van der Waals surface area contributed by atoms with E-state index in [4.69, 9.17) is 0 Å². The maximum Gasteiger partial charge on any atom is 0.212 e. The molecule has 0 saturated carbocycles. The zero-order chi connectivity index (χ0) is 15.9. The van der Waals surface area contributed by atoms with Crippen LogP contribution in [0.2, 0.25) is 0 Å². The molecule has 0 spiro atoms. The van der Waals surface area contributed by atoms with Crippen molar-refractivity contribution in [3.63, 3.8) is 0 Å². The third kappa shape index (κ3) is 2.64. The summed E-state index contributed by atoms with van der Waals surface area (Å²) in [7, 11) is 2.15. The number of aromatic nitrogens is 1. The topological polar surface area (TPSA) is 3.88 Å². The number of aryl methyl sites for hydroxylation is 2. The molecule has 112 valence electrons. The third-order valence-electron chi connectivity index (χ3n) is 4.32. The molecular formula is C21H24N+. The van der Waals surface area contributed by atoms with Crippen LogP contribution in [-0.4, -0.2) is 0 Å². The van der Waals surface area contributed by atoms with Crippen molar-refractivity contribution in [1.29, 1.82) is 0 Å². The fourth-order valence-electron chi connectivity index (χ4n) is 3.00. The summed E-state index contributed by atoms with van der Waals surface area (Å²) in [5.74, 6) is 0. The quantitative estimate of drug-likeness (QED) is 0.559. The van der Waals surface area contributed by atoms with Gasteiger partial charge in [0, 0.05) is 23.1 Å². The lowest BCUT2D eigenvalue weighted by molar-refractivity contribution is -0.633. The Labute approximate surface area is 133 Å². The highest BCUT2D eigenvalue weighted by Gasteiger charge is 2.18. The van der Waals surface area contributed by atoms with Crippen LogP contribution in [0.1, 0.15) is 31.9 Å². The number of hydrogen-bond acceptors (Lipinski definition) is 0. The maximum absolute atomic E-state index is 2.33. The highest BCUT2D eigenvalue weighted by atomic mass is 14.9. The Morgan fingerprint density at radius 2 is 1.59 bits per heavy atom. The lowest BCUT2D eigenvalue weighted by Crippen LogP contribution is -2.32. The first kappa shape index (κ1) is 14.8. The number of pyridine rings is 1. The predicted octanol–water partition coefficient (Wildman–Crippen LogP) is 4.94. The summed E-state index contributed by atoms with van der Waals surface area (Å²) in [6.07, 6.45) is 0. The van der Waals surface area contributed by atoms with Gasteiger partial charge in [0.25, 0.3) is 0 Å². The molecule has 1 aromatic heterocycles. The lowest BCUT2D eigenvalue weighted by Gasteiger charge is -2.20. The van der Waals surface area contributed by atoms with E-state index in [0.29, 0.717) is 0 Å². The minimum absolute atomic E-state index is 0.163. The van der Waals surface area contributed by atoms with Gasteiger partial charge in [0.1, 0.15) is 7.05 Å². The van der Waals surface area contributed by atoms with Gasteiger partial charge in [-0.05, 0) is 47.7 Å².